The first-order valence-corrected chi connectivity index (χ1v) is 7.89. The summed E-state index contributed by atoms with van der Waals surface area (Å²) in [4.78, 5) is 23.6. The average Bonchev–Trinajstić information content (AvgIpc) is 3.18. The lowest BCUT2D eigenvalue weighted by atomic mass is 10.2. The van der Waals surface area contributed by atoms with E-state index >= 15 is 0 Å². The van der Waals surface area contributed by atoms with Crippen molar-refractivity contribution in [2.45, 2.75) is 45.7 Å². The molecule has 2 aromatic rings. The molecule has 0 aliphatic carbocycles. The SMILES string of the molecule is CCc1nccn1CC(=O)N1CCCC1c1nc(C)cn1C. The number of aryl methyl sites for hydroxylation is 3. The van der Waals surface area contributed by atoms with Crippen molar-refractivity contribution in [3.8, 4) is 0 Å². The Labute approximate surface area is 130 Å². The van der Waals surface area contributed by atoms with Gasteiger partial charge < -0.3 is 14.0 Å². The molecule has 1 aliphatic rings. The lowest BCUT2D eigenvalue weighted by molar-refractivity contribution is -0.133. The van der Waals surface area contributed by atoms with Crippen molar-refractivity contribution in [2.24, 2.45) is 7.05 Å². The van der Waals surface area contributed by atoms with Crippen LogP contribution in [0.25, 0.3) is 0 Å². The number of aromatic nitrogens is 4. The molecule has 2 aromatic heterocycles. The summed E-state index contributed by atoms with van der Waals surface area (Å²) in [5.41, 5.74) is 1.000. The van der Waals surface area contributed by atoms with Crippen LogP contribution in [0.3, 0.4) is 0 Å². The van der Waals surface area contributed by atoms with Crippen LogP contribution in [-0.2, 0) is 24.8 Å². The van der Waals surface area contributed by atoms with Crippen LogP contribution in [0.15, 0.2) is 18.6 Å². The number of rotatable bonds is 4. The number of nitrogens with zero attached hydrogens (tertiary/aromatic N) is 5. The number of amides is 1. The molecule has 3 rings (SSSR count). The van der Waals surface area contributed by atoms with Crippen LogP contribution >= 0.6 is 0 Å². The molecule has 0 bridgehead atoms. The summed E-state index contributed by atoms with van der Waals surface area (Å²) in [7, 11) is 2.00. The van der Waals surface area contributed by atoms with Gasteiger partial charge in [-0.2, -0.15) is 0 Å². The fourth-order valence-electron chi connectivity index (χ4n) is 3.31. The number of likely N-dealkylation sites (tertiary alicyclic amines) is 1. The zero-order chi connectivity index (χ0) is 15.7. The monoisotopic (exact) mass is 301 g/mol. The number of hydrogen-bond acceptors (Lipinski definition) is 3. The standard InChI is InChI=1S/C16H23N5O/c1-4-14-17-7-9-20(14)11-15(22)21-8-5-6-13(21)16-18-12(2)10-19(16)3/h7,9-10,13H,4-6,8,11H2,1-3H3. The number of hydrogen-bond donors (Lipinski definition) is 0. The highest BCUT2D eigenvalue weighted by atomic mass is 16.2. The fourth-order valence-corrected chi connectivity index (χ4v) is 3.31. The van der Waals surface area contributed by atoms with E-state index in [1.54, 1.807) is 6.20 Å². The van der Waals surface area contributed by atoms with Crippen molar-refractivity contribution < 1.29 is 4.79 Å². The molecule has 6 heteroatoms. The Morgan fingerprint density at radius 3 is 2.95 bits per heavy atom. The first kappa shape index (κ1) is 14.8. The lowest BCUT2D eigenvalue weighted by Crippen LogP contribution is -2.34. The van der Waals surface area contributed by atoms with Gasteiger partial charge in [0.15, 0.2) is 0 Å². The quantitative estimate of drug-likeness (QED) is 0.866. The minimum Gasteiger partial charge on any atom is -0.336 e. The molecule has 0 saturated carbocycles. The second kappa shape index (κ2) is 5.94. The molecule has 0 aromatic carbocycles. The normalized spacial score (nSPS) is 18.1. The molecule has 0 N–H and O–H groups in total. The van der Waals surface area contributed by atoms with Crippen molar-refractivity contribution in [1.82, 2.24) is 24.0 Å². The third-order valence-electron chi connectivity index (χ3n) is 4.33. The predicted octanol–water partition coefficient (Wildman–Crippen LogP) is 1.85. The molecular weight excluding hydrogens is 278 g/mol. The van der Waals surface area contributed by atoms with E-state index in [1.807, 2.05) is 40.4 Å². The van der Waals surface area contributed by atoms with E-state index in [0.717, 1.165) is 43.1 Å². The summed E-state index contributed by atoms with van der Waals surface area (Å²) in [5, 5.41) is 0. The molecule has 22 heavy (non-hydrogen) atoms. The second-order valence-electron chi connectivity index (χ2n) is 5.92. The van der Waals surface area contributed by atoms with Crippen molar-refractivity contribution in [3.63, 3.8) is 0 Å². The zero-order valence-electron chi connectivity index (χ0n) is 13.5. The van der Waals surface area contributed by atoms with Crippen LogP contribution in [0, 0.1) is 6.92 Å². The Balaban J connectivity index is 1.78. The first-order valence-electron chi connectivity index (χ1n) is 7.89. The molecule has 0 spiro atoms. The van der Waals surface area contributed by atoms with E-state index in [9.17, 15) is 4.79 Å². The highest BCUT2D eigenvalue weighted by Gasteiger charge is 2.32. The molecule has 1 fully saturated rings. The lowest BCUT2D eigenvalue weighted by Gasteiger charge is -2.24. The summed E-state index contributed by atoms with van der Waals surface area (Å²) in [6.07, 6.45) is 8.51. The summed E-state index contributed by atoms with van der Waals surface area (Å²) in [6, 6.07) is 0.0970. The predicted molar refractivity (Wildman–Crippen MR) is 83.2 cm³/mol. The van der Waals surface area contributed by atoms with E-state index in [0.29, 0.717) is 6.54 Å². The van der Waals surface area contributed by atoms with Crippen LogP contribution in [0.4, 0.5) is 0 Å². The van der Waals surface area contributed by atoms with E-state index in [-0.39, 0.29) is 11.9 Å². The Bertz CT molecular complexity index is 672. The van der Waals surface area contributed by atoms with Crippen molar-refractivity contribution in [2.75, 3.05) is 6.54 Å². The van der Waals surface area contributed by atoms with Gasteiger partial charge in [0.25, 0.3) is 0 Å². The fraction of sp³-hybridized carbons (Fsp3) is 0.562. The van der Waals surface area contributed by atoms with Gasteiger partial charge in [-0.05, 0) is 19.8 Å². The van der Waals surface area contributed by atoms with Gasteiger partial charge >= 0.3 is 0 Å². The molecule has 1 atom stereocenters. The van der Waals surface area contributed by atoms with Crippen LogP contribution in [0.1, 0.15) is 43.1 Å². The topological polar surface area (TPSA) is 56.0 Å². The third-order valence-corrected chi connectivity index (χ3v) is 4.33. The van der Waals surface area contributed by atoms with E-state index in [2.05, 4.69) is 16.9 Å². The molecule has 1 aliphatic heterocycles. The molecule has 6 nitrogen and oxygen atoms in total. The number of carbonyl (C=O) groups excluding carboxylic acids is 1. The van der Waals surface area contributed by atoms with E-state index < -0.39 is 0 Å². The summed E-state index contributed by atoms with van der Waals surface area (Å²) in [5.74, 6) is 2.09. The highest BCUT2D eigenvalue weighted by Crippen LogP contribution is 2.31. The smallest absolute Gasteiger partial charge is 0.243 e. The average molecular weight is 301 g/mol. The molecule has 118 valence electrons. The number of imidazole rings is 2. The van der Waals surface area contributed by atoms with Gasteiger partial charge in [0.2, 0.25) is 5.91 Å². The molecule has 0 radical (unpaired) electrons. The molecule has 3 heterocycles. The van der Waals surface area contributed by atoms with Crippen LogP contribution in [-0.4, -0.2) is 36.5 Å². The van der Waals surface area contributed by atoms with E-state index in [4.69, 9.17) is 0 Å². The summed E-state index contributed by atoms with van der Waals surface area (Å²) < 4.78 is 3.99. The molecule has 1 saturated heterocycles. The first-order chi connectivity index (χ1) is 10.6. The summed E-state index contributed by atoms with van der Waals surface area (Å²) >= 11 is 0. The molecule has 1 amide bonds. The van der Waals surface area contributed by atoms with E-state index in [1.165, 1.54) is 0 Å². The summed E-state index contributed by atoms with van der Waals surface area (Å²) in [6.45, 7) is 5.22. The Hall–Kier alpha value is -2.11. The molecule has 1 unspecified atom stereocenters. The van der Waals surface area contributed by atoms with Crippen molar-refractivity contribution >= 4 is 5.91 Å². The van der Waals surface area contributed by atoms with Crippen LogP contribution < -0.4 is 0 Å². The minimum atomic E-state index is 0.0970. The minimum absolute atomic E-state index is 0.0970. The van der Waals surface area contributed by atoms with Crippen LogP contribution in [0.2, 0.25) is 0 Å². The maximum Gasteiger partial charge on any atom is 0.243 e. The largest absolute Gasteiger partial charge is 0.336 e. The van der Waals surface area contributed by atoms with Gasteiger partial charge in [-0.25, -0.2) is 9.97 Å². The van der Waals surface area contributed by atoms with Gasteiger partial charge in [-0.15, -0.1) is 0 Å². The number of carbonyl (C=O) groups is 1. The van der Waals surface area contributed by atoms with Crippen molar-refractivity contribution in [3.05, 3.63) is 35.9 Å². The Morgan fingerprint density at radius 2 is 2.27 bits per heavy atom. The van der Waals surface area contributed by atoms with Crippen molar-refractivity contribution in [1.29, 1.82) is 0 Å². The van der Waals surface area contributed by atoms with Gasteiger partial charge in [0.05, 0.1) is 11.7 Å². The van der Waals surface area contributed by atoms with Gasteiger partial charge in [-0.1, -0.05) is 6.92 Å². The van der Waals surface area contributed by atoms with Gasteiger partial charge in [0, 0.05) is 38.6 Å². The second-order valence-corrected chi connectivity index (χ2v) is 5.92. The zero-order valence-corrected chi connectivity index (χ0v) is 13.5. The molecular formula is C16H23N5O. The Morgan fingerprint density at radius 1 is 1.45 bits per heavy atom. The maximum atomic E-state index is 12.7. The van der Waals surface area contributed by atoms with Gasteiger partial charge in [-0.3, -0.25) is 4.79 Å². The van der Waals surface area contributed by atoms with Crippen LogP contribution in [0.5, 0.6) is 0 Å². The third kappa shape index (κ3) is 2.65. The Kier molecular flexibility index (Phi) is 4.00. The highest BCUT2D eigenvalue weighted by molar-refractivity contribution is 5.76. The maximum absolute atomic E-state index is 12.7. The van der Waals surface area contributed by atoms with Gasteiger partial charge in [0.1, 0.15) is 18.2 Å².